The smallest absolute Gasteiger partial charge is 0.276 e. The maximum atomic E-state index is 12.6. The number of aromatic nitrogens is 1. The second-order valence-corrected chi connectivity index (χ2v) is 6.97. The van der Waals surface area contributed by atoms with Crippen molar-refractivity contribution in [3.05, 3.63) is 51.8 Å². The fraction of sp³-hybridized carbons (Fsp3) is 0.412. The quantitative estimate of drug-likeness (QED) is 0.821. The molecule has 2 fully saturated rings. The highest BCUT2D eigenvalue weighted by Crippen LogP contribution is 2.40. The van der Waals surface area contributed by atoms with Crippen molar-refractivity contribution in [1.29, 1.82) is 0 Å². The number of rotatable bonds is 3. The van der Waals surface area contributed by atoms with Gasteiger partial charge in [0.25, 0.3) is 5.91 Å². The van der Waals surface area contributed by atoms with Gasteiger partial charge in [0.05, 0.1) is 13.2 Å². The average Bonchev–Trinajstić information content (AvgIpc) is 3.32. The Balaban J connectivity index is 1.47. The van der Waals surface area contributed by atoms with Crippen LogP contribution in [0.25, 0.3) is 0 Å². The van der Waals surface area contributed by atoms with Gasteiger partial charge in [0.2, 0.25) is 0 Å². The SMILES string of the molecule is O=C(c1cc(C2CC2)on1)N1CCO[C@@H](c2ccc(Br)cc2)C1. The zero-order chi connectivity index (χ0) is 15.8. The van der Waals surface area contributed by atoms with E-state index < -0.39 is 0 Å². The predicted octanol–water partition coefficient (Wildman–Crippen LogP) is 3.53. The van der Waals surface area contributed by atoms with Gasteiger partial charge in [-0.05, 0) is 30.5 Å². The lowest BCUT2D eigenvalue weighted by molar-refractivity contribution is -0.0231. The number of halogens is 1. The Kier molecular flexibility index (Phi) is 3.95. The fourth-order valence-electron chi connectivity index (χ4n) is 2.83. The van der Waals surface area contributed by atoms with Gasteiger partial charge in [-0.15, -0.1) is 0 Å². The van der Waals surface area contributed by atoms with E-state index in [2.05, 4.69) is 21.1 Å². The van der Waals surface area contributed by atoms with Gasteiger partial charge in [0.15, 0.2) is 5.69 Å². The molecule has 120 valence electrons. The maximum absolute atomic E-state index is 12.6. The number of carbonyl (C=O) groups is 1. The van der Waals surface area contributed by atoms with Crippen LogP contribution in [0.4, 0.5) is 0 Å². The van der Waals surface area contributed by atoms with Crippen molar-refractivity contribution in [1.82, 2.24) is 10.1 Å². The molecule has 1 aliphatic carbocycles. The standard InChI is InChI=1S/C17H17BrN2O3/c18-13-5-3-12(4-6-13)16-10-20(7-8-22-16)17(21)14-9-15(23-19-14)11-1-2-11/h3-6,9,11,16H,1-2,7-8,10H2/t16-/m1/s1. The van der Waals surface area contributed by atoms with Crippen LogP contribution < -0.4 is 0 Å². The van der Waals surface area contributed by atoms with Gasteiger partial charge in [0, 0.05) is 23.0 Å². The van der Waals surface area contributed by atoms with E-state index in [1.807, 2.05) is 24.3 Å². The van der Waals surface area contributed by atoms with Crippen molar-refractivity contribution in [3.8, 4) is 0 Å². The van der Waals surface area contributed by atoms with Gasteiger partial charge in [-0.2, -0.15) is 0 Å². The molecule has 1 aromatic carbocycles. The molecule has 1 saturated heterocycles. The molecule has 0 N–H and O–H groups in total. The Morgan fingerprint density at radius 1 is 1.26 bits per heavy atom. The van der Waals surface area contributed by atoms with Crippen molar-refractivity contribution in [2.75, 3.05) is 19.7 Å². The van der Waals surface area contributed by atoms with Crippen LogP contribution in [0.1, 0.15) is 46.7 Å². The van der Waals surface area contributed by atoms with E-state index in [1.54, 1.807) is 11.0 Å². The molecular weight excluding hydrogens is 360 g/mol. The fourth-order valence-corrected chi connectivity index (χ4v) is 3.09. The van der Waals surface area contributed by atoms with Crippen LogP contribution in [-0.2, 0) is 4.74 Å². The van der Waals surface area contributed by atoms with Crippen molar-refractivity contribution in [2.45, 2.75) is 24.9 Å². The number of carbonyl (C=O) groups excluding carboxylic acids is 1. The summed E-state index contributed by atoms with van der Waals surface area (Å²) in [7, 11) is 0. The maximum Gasteiger partial charge on any atom is 0.276 e. The lowest BCUT2D eigenvalue weighted by Gasteiger charge is -2.32. The van der Waals surface area contributed by atoms with Crippen molar-refractivity contribution in [3.63, 3.8) is 0 Å². The molecule has 1 saturated carbocycles. The van der Waals surface area contributed by atoms with Crippen molar-refractivity contribution in [2.24, 2.45) is 0 Å². The summed E-state index contributed by atoms with van der Waals surface area (Å²) in [6.45, 7) is 1.64. The Bertz CT molecular complexity index is 709. The van der Waals surface area contributed by atoms with E-state index in [0.717, 1.165) is 28.6 Å². The van der Waals surface area contributed by atoms with Gasteiger partial charge in [0.1, 0.15) is 11.9 Å². The molecule has 1 atom stereocenters. The number of amides is 1. The Morgan fingerprint density at radius 3 is 2.78 bits per heavy atom. The second-order valence-electron chi connectivity index (χ2n) is 6.05. The zero-order valence-electron chi connectivity index (χ0n) is 12.6. The third-order valence-corrected chi connectivity index (χ3v) is 4.85. The highest BCUT2D eigenvalue weighted by atomic mass is 79.9. The van der Waals surface area contributed by atoms with Crippen LogP contribution in [0, 0.1) is 0 Å². The second kappa shape index (κ2) is 6.09. The molecule has 0 unspecified atom stereocenters. The molecule has 0 radical (unpaired) electrons. The summed E-state index contributed by atoms with van der Waals surface area (Å²) in [4.78, 5) is 14.4. The van der Waals surface area contributed by atoms with Crippen molar-refractivity contribution < 1.29 is 14.1 Å². The molecule has 1 aromatic heterocycles. The van der Waals surface area contributed by atoms with E-state index in [-0.39, 0.29) is 12.0 Å². The minimum Gasteiger partial charge on any atom is -0.370 e. The number of ether oxygens (including phenoxy) is 1. The lowest BCUT2D eigenvalue weighted by atomic mass is 10.1. The van der Waals surface area contributed by atoms with Gasteiger partial charge in [-0.25, -0.2) is 0 Å². The van der Waals surface area contributed by atoms with Gasteiger partial charge < -0.3 is 14.2 Å². The molecular formula is C17H17BrN2O3. The van der Waals surface area contributed by atoms with E-state index in [4.69, 9.17) is 9.26 Å². The van der Waals surface area contributed by atoms with Crippen LogP contribution in [0.2, 0.25) is 0 Å². The summed E-state index contributed by atoms with van der Waals surface area (Å²) < 4.78 is 12.1. The van der Waals surface area contributed by atoms with E-state index in [9.17, 15) is 4.79 Å². The molecule has 0 bridgehead atoms. The number of hydrogen-bond acceptors (Lipinski definition) is 4. The minimum absolute atomic E-state index is 0.0777. The van der Waals surface area contributed by atoms with Crippen LogP contribution in [-0.4, -0.2) is 35.7 Å². The summed E-state index contributed by atoms with van der Waals surface area (Å²) in [6, 6.07) is 9.80. The number of morpholine rings is 1. The van der Waals surface area contributed by atoms with Gasteiger partial charge in [-0.1, -0.05) is 33.2 Å². The molecule has 1 amide bonds. The third-order valence-electron chi connectivity index (χ3n) is 4.32. The molecule has 5 nitrogen and oxygen atoms in total. The van der Waals surface area contributed by atoms with Crippen LogP contribution in [0.5, 0.6) is 0 Å². The number of nitrogens with zero attached hydrogens (tertiary/aromatic N) is 2. The number of hydrogen-bond donors (Lipinski definition) is 0. The summed E-state index contributed by atoms with van der Waals surface area (Å²) in [5.41, 5.74) is 1.48. The summed E-state index contributed by atoms with van der Waals surface area (Å²) in [6.07, 6.45) is 2.16. The molecule has 2 aromatic rings. The first kappa shape index (κ1) is 14.9. The highest BCUT2D eigenvalue weighted by Gasteiger charge is 2.31. The minimum atomic E-state index is -0.101. The molecule has 4 rings (SSSR count). The normalized spacial score (nSPS) is 21.4. The first-order valence-electron chi connectivity index (χ1n) is 7.83. The zero-order valence-corrected chi connectivity index (χ0v) is 14.2. The summed E-state index contributed by atoms with van der Waals surface area (Å²) >= 11 is 3.43. The predicted molar refractivity (Wildman–Crippen MR) is 87.2 cm³/mol. The largest absolute Gasteiger partial charge is 0.370 e. The summed E-state index contributed by atoms with van der Waals surface area (Å²) in [5.74, 6) is 1.22. The van der Waals surface area contributed by atoms with Crippen LogP contribution >= 0.6 is 15.9 Å². The molecule has 2 aliphatic rings. The van der Waals surface area contributed by atoms with E-state index >= 15 is 0 Å². The highest BCUT2D eigenvalue weighted by molar-refractivity contribution is 9.10. The topological polar surface area (TPSA) is 55.6 Å². The molecule has 23 heavy (non-hydrogen) atoms. The Hall–Kier alpha value is -1.66. The van der Waals surface area contributed by atoms with Gasteiger partial charge in [-0.3, -0.25) is 4.79 Å². The molecule has 1 aliphatic heterocycles. The van der Waals surface area contributed by atoms with Gasteiger partial charge >= 0.3 is 0 Å². The number of benzene rings is 1. The summed E-state index contributed by atoms with van der Waals surface area (Å²) in [5, 5.41) is 3.95. The van der Waals surface area contributed by atoms with Crippen molar-refractivity contribution >= 4 is 21.8 Å². The van der Waals surface area contributed by atoms with Crippen LogP contribution in [0.3, 0.4) is 0 Å². The average molecular weight is 377 g/mol. The molecule has 2 heterocycles. The Labute approximate surface area is 142 Å². The first-order chi connectivity index (χ1) is 11.2. The van der Waals surface area contributed by atoms with Crippen LogP contribution in [0.15, 0.2) is 39.3 Å². The third kappa shape index (κ3) is 3.19. The van der Waals surface area contributed by atoms with E-state index in [0.29, 0.717) is 31.3 Å². The first-order valence-corrected chi connectivity index (χ1v) is 8.63. The van der Waals surface area contributed by atoms with E-state index in [1.165, 1.54) is 0 Å². The monoisotopic (exact) mass is 376 g/mol. The lowest BCUT2D eigenvalue weighted by Crippen LogP contribution is -2.42. The molecule has 0 spiro atoms. The molecule has 6 heteroatoms. The Morgan fingerprint density at radius 2 is 2.04 bits per heavy atom.